The van der Waals surface area contributed by atoms with E-state index in [-0.39, 0.29) is 28.7 Å². The van der Waals surface area contributed by atoms with Crippen LogP contribution in [0.25, 0.3) is 11.3 Å². The molecule has 1 spiro atoms. The molecule has 64 heavy (non-hydrogen) atoms. The third-order valence-corrected chi connectivity index (χ3v) is 14.8. The lowest BCUT2D eigenvalue weighted by atomic mass is 9.63. The van der Waals surface area contributed by atoms with Gasteiger partial charge in [-0.05, 0) is 206 Å². The maximum atomic E-state index is 13.3. The number of thiocarbonyl (C=S) groups is 1. The van der Waals surface area contributed by atoms with Crippen molar-refractivity contribution in [1.29, 1.82) is 0 Å². The second-order valence-electron chi connectivity index (χ2n) is 19.7. The topological polar surface area (TPSA) is 82.4 Å². The van der Waals surface area contributed by atoms with Crippen LogP contribution < -0.4 is 21.7 Å². The van der Waals surface area contributed by atoms with Crippen molar-refractivity contribution in [2.75, 3.05) is 24.1 Å². The van der Waals surface area contributed by atoms with Crippen LogP contribution in [0.2, 0.25) is 0 Å². The maximum Gasteiger partial charge on any atom is 0.232 e. The average Bonchev–Trinajstić information content (AvgIpc) is 3.93. The van der Waals surface area contributed by atoms with Gasteiger partial charge in [-0.25, -0.2) is 0 Å². The van der Waals surface area contributed by atoms with Crippen LogP contribution in [0.1, 0.15) is 129 Å². The van der Waals surface area contributed by atoms with Crippen molar-refractivity contribution in [3.8, 4) is 0 Å². The lowest BCUT2D eigenvalue weighted by Crippen LogP contribution is -2.58. The minimum absolute atomic E-state index is 0.0511. The molecule has 0 bridgehead atoms. The highest BCUT2D eigenvalue weighted by molar-refractivity contribution is 7.80. The zero-order valence-electron chi connectivity index (χ0n) is 39.0. The molecule has 8 rings (SSSR count). The van der Waals surface area contributed by atoms with Crippen LogP contribution in [0.15, 0.2) is 122 Å². The van der Waals surface area contributed by atoms with Crippen LogP contribution in [-0.4, -0.2) is 35.1 Å². The molecular weight excluding hydrogens is 803 g/mol. The molecule has 4 aliphatic rings. The van der Waals surface area contributed by atoms with Gasteiger partial charge in [0.05, 0.1) is 11.3 Å². The number of likely N-dealkylation sites (tertiary alicyclic amines) is 1. The van der Waals surface area contributed by atoms with Gasteiger partial charge in [0, 0.05) is 41.9 Å². The minimum atomic E-state index is -0.345. The number of nitrogen functional groups attached to an aromatic ring is 1. The lowest BCUT2D eigenvalue weighted by molar-refractivity contribution is -0.149. The average molecular weight is 870 g/mol. The van der Waals surface area contributed by atoms with Gasteiger partial charge in [0.15, 0.2) is 5.11 Å². The Bertz CT molecular complexity index is 2630. The van der Waals surface area contributed by atoms with Gasteiger partial charge in [0.25, 0.3) is 0 Å². The third kappa shape index (κ3) is 8.64. The van der Waals surface area contributed by atoms with E-state index in [0.717, 1.165) is 103 Å². The summed E-state index contributed by atoms with van der Waals surface area (Å²) in [5.74, 6) is 0.274. The highest BCUT2D eigenvalue weighted by Crippen LogP contribution is 2.58. The number of benzene rings is 4. The summed E-state index contributed by atoms with van der Waals surface area (Å²) in [6, 6.07) is 27.4. The fourth-order valence-corrected chi connectivity index (χ4v) is 11.0. The van der Waals surface area contributed by atoms with Gasteiger partial charge in [-0.15, -0.1) is 6.58 Å². The Balaban J connectivity index is 1.06. The molecule has 6 nitrogen and oxygen atoms in total. The van der Waals surface area contributed by atoms with Gasteiger partial charge in [0.2, 0.25) is 5.91 Å². The molecule has 1 heterocycles. The predicted molar refractivity (Wildman–Crippen MR) is 273 cm³/mol. The first-order chi connectivity index (χ1) is 30.5. The first kappa shape index (κ1) is 44.9. The standard InChI is InChI=1S/C57H67N5OS/c1-34(2)12-11-13-41-14-18-49-44(28-41)30-45-29-42(16-20-52(56(10)22-23-56)53(35(3)4)62-40(9)38(7)54(62)63)15-19-50(45)57(49)33-37(6)48-32-47(17-21-51(48)57)61-55(64)60-25-24-59-39(8)43-26-36(5)27-46(58)31-43/h14-15,17-19,21,26-29,31-32,38,40,59H,1,3,6,8,11-13,16,20,22-25,30,33,58H2,2,4-5,7,9-10H3,(H2,60,61,64)/b53-52-/t38-,40?,57?/m0/s1. The molecule has 332 valence electrons. The summed E-state index contributed by atoms with van der Waals surface area (Å²) in [6.07, 6.45) is 9.04. The zero-order chi connectivity index (χ0) is 45.7. The minimum Gasteiger partial charge on any atom is -0.399 e. The summed E-state index contributed by atoms with van der Waals surface area (Å²) in [6.45, 7) is 31.6. The summed E-state index contributed by atoms with van der Waals surface area (Å²) >= 11 is 5.78. The second kappa shape index (κ2) is 17.7. The van der Waals surface area contributed by atoms with Gasteiger partial charge >= 0.3 is 0 Å². The van der Waals surface area contributed by atoms with E-state index in [9.17, 15) is 4.79 Å². The summed E-state index contributed by atoms with van der Waals surface area (Å²) in [5, 5.41) is 10.8. The Hall–Kier alpha value is -5.66. The van der Waals surface area contributed by atoms with Crippen molar-refractivity contribution < 1.29 is 4.79 Å². The molecule has 1 aliphatic heterocycles. The van der Waals surface area contributed by atoms with Crippen molar-refractivity contribution in [3.63, 3.8) is 0 Å². The fourth-order valence-electron chi connectivity index (χ4n) is 10.8. The molecule has 4 aromatic carbocycles. The van der Waals surface area contributed by atoms with Crippen LogP contribution >= 0.6 is 12.2 Å². The van der Waals surface area contributed by atoms with Gasteiger partial charge in [-0.2, -0.15) is 0 Å². The van der Waals surface area contributed by atoms with Crippen molar-refractivity contribution >= 4 is 45.9 Å². The summed E-state index contributed by atoms with van der Waals surface area (Å²) < 4.78 is 0. The first-order valence-corrected chi connectivity index (χ1v) is 23.7. The van der Waals surface area contributed by atoms with Crippen molar-refractivity contribution in [1.82, 2.24) is 15.5 Å². The predicted octanol–water partition coefficient (Wildman–Crippen LogP) is 12.1. The van der Waals surface area contributed by atoms with E-state index in [4.69, 9.17) is 24.5 Å². The second-order valence-corrected chi connectivity index (χ2v) is 20.1. The van der Waals surface area contributed by atoms with Crippen molar-refractivity contribution in [2.45, 2.75) is 111 Å². The largest absolute Gasteiger partial charge is 0.399 e. The number of allylic oxidation sites excluding steroid dienone is 4. The molecule has 7 heteroatoms. The molecular formula is C57H67N5OS. The smallest absolute Gasteiger partial charge is 0.232 e. The number of carbonyl (C=O) groups is 1. The van der Waals surface area contributed by atoms with Crippen LogP contribution in [0.5, 0.6) is 0 Å². The fraction of sp³-hybridized carbons (Fsp3) is 0.368. The Kier molecular flexibility index (Phi) is 12.4. The molecule has 3 aliphatic carbocycles. The molecule has 2 unspecified atom stereocenters. The van der Waals surface area contributed by atoms with Gasteiger partial charge in [0.1, 0.15) is 0 Å². The molecule has 5 N–H and O–H groups in total. The van der Waals surface area contributed by atoms with Crippen molar-refractivity contribution in [3.05, 3.63) is 177 Å². The van der Waals surface area contributed by atoms with Crippen LogP contribution in [0, 0.1) is 18.3 Å². The van der Waals surface area contributed by atoms with E-state index >= 15 is 0 Å². The maximum absolute atomic E-state index is 13.3. The molecule has 0 aromatic heterocycles. The summed E-state index contributed by atoms with van der Waals surface area (Å²) in [5.41, 5.74) is 27.0. The Labute approximate surface area is 387 Å². The van der Waals surface area contributed by atoms with E-state index in [0.29, 0.717) is 18.2 Å². The van der Waals surface area contributed by atoms with E-state index in [1.165, 1.54) is 55.7 Å². The third-order valence-electron chi connectivity index (χ3n) is 14.6. The molecule has 1 saturated heterocycles. The molecule has 1 saturated carbocycles. The number of nitrogens with zero attached hydrogens (tertiary/aromatic N) is 1. The summed E-state index contributed by atoms with van der Waals surface area (Å²) in [4.78, 5) is 15.3. The molecule has 3 atom stereocenters. The number of rotatable bonds is 16. The molecule has 1 amide bonds. The van der Waals surface area contributed by atoms with E-state index in [1.807, 2.05) is 30.9 Å². The Morgan fingerprint density at radius 2 is 1.52 bits per heavy atom. The Morgan fingerprint density at radius 3 is 2.14 bits per heavy atom. The number of anilines is 2. The first-order valence-electron chi connectivity index (χ1n) is 23.3. The number of nitrogens with two attached hydrogens (primary N) is 1. The van der Waals surface area contributed by atoms with E-state index in [2.05, 4.69) is 124 Å². The lowest BCUT2D eigenvalue weighted by Gasteiger charge is -2.47. The molecule has 0 radical (unpaired) electrons. The van der Waals surface area contributed by atoms with Crippen LogP contribution in [-0.2, 0) is 29.5 Å². The van der Waals surface area contributed by atoms with Crippen LogP contribution in [0.4, 0.5) is 11.4 Å². The zero-order valence-corrected chi connectivity index (χ0v) is 39.8. The number of carbonyl (C=O) groups excluding carboxylic acids is 1. The van der Waals surface area contributed by atoms with E-state index in [1.54, 1.807) is 0 Å². The molecule has 2 fully saturated rings. The number of fused-ring (bicyclic) bond motifs is 6. The molecule has 4 aromatic rings. The van der Waals surface area contributed by atoms with E-state index < -0.39 is 0 Å². The van der Waals surface area contributed by atoms with Gasteiger partial charge in [-0.3, -0.25) is 4.79 Å². The number of nitrogens with one attached hydrogen (secondary N) is 3. The monoisotopic (exact) mass is 870 g/mol. The number of hydrogen-bond donors (Lipinski definition) is 4. The normalized spacial score (nSPS) is 20.4. The van der Waals surface area contributed by atoms with Crippen molar-refractivity contribution in [2.24, 2.45) is 11.3 Å². The highest BCUT2D eigenvalue weighted by atomic mass is 32.1. The van der Waals surface area contributed by atoms with Crippen LogP contribution in [0.3, 0.4) is 0 Å². The van der Waals surface area contributed by atoms with Gasteiger partial charge in [-0.1, -0.05) is 81.6 Å². The highest BCUT2D eigenvalue weighted by Gasteiger charge is 2.50. The summed E-state index contributed by atoms with van der Waals surface area (Å²) in [7, 11) is 0. The quantitative estimate of drug-likeness (QED) is 0.0224. The Morgan fingerprint density at radius 1 is 0.859 bits per heavy atom. The van der Waals surface area contributed by atoms with Gasteiger partial charge < -0.3 is 26.6 Å². The SMILES string of the molecule is C=C(C)CCCc1ccc2c(c1)Cc1cc(CC/C(=C(\C(=C)C)N3C(=O)[C@@H](C)C3C)C3(C)CC3)ccc1C21CC(=C)c2cc(NC(=S)NCCNC(=C)c3cc(C)cc(N)c3)ccc21. The number of β-lactam (4-membered cyclic amide) rings is 1. The number of aryl methyl sites for hydroxylation is 3. The number of amides is 1. The number of hydrogen-bond acceptors (Lipinski definition) is 4.